The van der Waals surface area contributed by atoms with Gasteiger partial charge in [0, 0.05) is 17.5 Å². The van der Waals surface area contributed by atoms with Gasteiger partial charge in [0.25, 0.3) is 5.56 Å². The van der Waals surface area contributed by atoms with Crippen LogP contribution < -0.4 is 16.2 Å². The molecule has 1 heterocycles. The van der Waals surface area contributed by atoms with E-state index in [0.29, 0.717) is 23.1 Å². The number of benzene rings is 2. The molecule has 26 heavy (non-hydrogen) atoms. The Morgan fingerprint density at radius 3 is 2.65 bits per heavy atom. The standard InChI is InChI=1S/C20H20ClN3OS/c1-12-7-8-13(2)18-15(12)11-14(19(25)24-18)9-10-22-20(26)23-17-6-4-3-5-16(17)21/h3-8,11H,9-10H2,1-2H3,(H,24,25)(H2,22,23,26). The quantitative estimate of drug-likeness (QED) is 0.585. The highest BCUT2D eigenvalue weighted by Crippen LogP contribution is 2.21. The SMILES string of the molecule is Cc1ccc(C)c2[nH]c(=O)c(CCNC(=S)Nc3ccccc3Cl)cc12. The first-order valence-corrected chi connectivity index (χ1v) is 9.16. The Morgan fingerprint density at radius 1 is 1.15 bits per heavy atom. The molecule has 4 nitrogen and oxygen atoms in total. The van der Waals surface area contributed by atoms with Gasteiger partial charge in [0.05, 0.1) is 16.2 Å². The minimum Gasteiger partial charge on any atom is -0.362 e. The summed E-state index contributed by atoms with van der Waals surface area (Å²) in [6, 6.07) is 13.5. The lowest BCUT2D eigenvalue weighted by molar-refractivity contribution is 0.863. The molecule has 0 fully saturated rings. The number of nitrogens with one attached hydrogen (secondary N) is 3. The number of thiocarbonyl (C=S) groups is 1. The molecular weight excluding hydrogens is 366 g/mol. The van der Waals surface area contributed by atoms with Crippen molar-refractivity contribution < 1.29 is 0 Å². The smallest absolute Gasteiger partial charge is 0.251 e. The molecule has 3 aromatic rings. The Morgan fingerprint density at radius 2 is 1.88 bits per heavy atom. The van der Waals surface area contributed by atoms with Crippen molar-refractivity contribution in [1.29, 1.82) is 0 Å². The first kappa shape index (κ1) is 18.4. The molecule has 3 rings (SSSR count). The number of aromatic nitrogens is 1. The minimum atomic E-state index is -0.0574. The van der Waals surface area contributed by atoms with E-state index in [1.807, 2.05) is 44.2 Å². The molecule has 0 bridgehead atoms. The number of para-hydroxylation sites is 1. The molecule has 0 saturated carbocycles. The summed E-state index contributed by atoms with van der Waals surface area (Å²) < 4.78 is 0. The average Bonchev–Trinajstić information content (AvgIpc) is 2.61. The van der Waals surface area contributed by atoms with Crippen molar-refractivity contribution in [3.05, 3.63) is 74.5 Å². The number of hydrogen-bond donors (Lipinski definition) is 3. The van der Waals surface area contributed by atoms with Gasteiger partial charge >= 0.3 is 0 Å². The van der Waals surface area contributed by atoms with Crippen LogP contribution in [-0.2, 0) is 6.42 Å². The second kappa shape index (κ2) is 7.89. The maximum atomic E-state index is 12.4. The van der Waals surface area contributed by atoms with Crippen LogP contribution in [0.5, 0.6) is 0 Å². The van der Waals surface area contributed by atoms with Gasteiger partial charge in [-0.25, -0.2) is 0 Å². The molecule has 2 aromatic carbocycles. The number of H-pyrrole nitrogens is 1. The zero-order valence-corrected chi connectivity index (χ0v) is 16.2. The molecule has 0 amide bonds. The van der Waals surface area contributed by atoms with Crippen LogP contribution in [0.3, 0.4) is 0 Å². The van der Waals surface area contributed by atoms with Gasteiger partial charge in [-0.1, -0.05) is 35.9 Å². The fourth-order valence-electron chi connectivity index (χ4n) is 2.84. The van der Waals surface area contributed by atoms with Gasteiger partial charge in [0.1, 0.15) is 0 Å². The number of aryl methyl sites for hydroxylation is 2. The summed E-state index contributed by atoms with van der Waals surface area (Å²) in [5.74, 6) is 0. The Hall–Kier alpha value is -2.37. The number of halogens is 1. The van der Waals surface area contributed by atoms with Gasteiger partial charge in [-0.2, -0.15) is 0 Å². The maximum Gasteiger partial charge on any atom is 0.251 e. The molecule has 0 aliphatic heterocycles. The van der Waals surface area contributed by atoms with Crippen molar-refractivity contribution in [3.8, 4) is 0 Å². The molecule has 1 aromatic heterocycles. The summed E-state index contributed by atoms with van der Waals surface area (Å²) in [6.07, 6.45) is 0.572. The predicted molar refractivity (Wildman–Crippen MR) is 113 cm³/mol. The van der Waals surface area contributed by atoms with E-state index in [4.69, 9.17) is 23.8 Å². The highest BCUT2D eigenvalue weighted by molar-refractivity contribution is 7.80. The summed E-state index contributed by atoms with van der Waals surface area (Å²) in [6.45, 7) is 4.60. The Bertz CT molecular complexity index is 1030. The summed E-state index contributed by atoms with van der Waals surface area (Å²) in [7, 11) is 0. The van der Waals surface area contributed by atoms with Crippen LogP contribution in [0.25, 0.3) is 10.9 Å². The normalized spacial score (nSPS) is 10.7. The fourth-order valence-corrected chi connectivity index (χ4v) is 3.24. The lowest BCUT2D eigenvalue weighted by atomic mass is 10.0. The average molecular weight is 386 g/mol. The van der Waals surface area contributed by atoms with E-state index in [2.05, 4.69) is 21.7 Å². The molecule has 0 spiro atoms. The third-order valence-corrected chi connectivity index (χ3v) is 4.90. The topological polar surface area (TPSA) is 56.9 Å². The predicted octanol–water partition coefficient (Wildman–Crippen LogP) is 4.33. The third-order valence-electron chi connectivity index (χ3n) is 4.32. The number of pyridine rings is 1. The second-order valence-corrected chi connectivity index (χ2v) is 7.04. The van der Waals surface area contributed by atoms with Gasteiger partial charge in [-0.05, 0) is 61.8 Å². The molecule has 6 heteroatoms. The van der Waals surface area contributed by atoms with Crippen molar-refractivity contribution in [2.45, 2.75) is 20.3 Å². The lowest BCUT2D eigenvalue weighted by Gasteiger charge is -2.12. The Balaban J connectivity index is 1.67. The van der Waals surface area contributed by atoms with E-state index in [1.54, 1.807) is 6.07 Å². The molecule has 0 aliphatic carbocycles. The van der Waals surface area contributed by atoms with Gasteiger partial charge in [0.2, 0.25) is 0 Å². The monoisotopic (exact) mass is 385 g/mol. The van der Waals surface area contributed by atoms with Gasteiger partial charge < -0.3 is 15.6 Å². The summed E-state index contributed by atoms with van der Waals surface area (Å²) >= 11 is 11.4. The van der Waals surface area contributed by atoms with Crippen LogP contribution in [0.4, 0.5) is 5.69 Å². The largest absolute Gasteiger partial charge is 0.362 e. The van der Waals surface area contributed by atoms with Crippen LogP contribution in [0.2, 0.25) is 5.02 Å². The summed E-state index contributed by atoms with van der Waals surface area (Å²) in [5, 5.41) is 8.34. The van der Waals surface area contributed by atoms with Gasteiger partial charge in [0.15, 0.2) is 5.11 Å². The number of fused-ring (bicyclic) bond motifs is 1. The van der Waals surface area contributed by atoms with Gasteiger partial charge in [-0.3, -0.25) is 4.79 Å². The van der Waals surface area contributed by atoms with Crippen LogP contribution in [0.15, 0.2) is 47.3 Å². The van der Waals surface area contributed by atoms with E-state index in [-0.39, 0.29) is 5.56 Å². The van der Waals surface area contributed by atoms with E-state index in [1.165, 1.54) is 0 Å². The van der Waals surface area contributed by atoms with E-state index in [9.17, 15) is 4.79 Å². The first-order valence-electron chi connectivity index (χ1n) is 8.37. The molecule has 0 unspecified atom stereocenters. The van der Waals surface area contributed by atoms with Gasteiger partial charge in [-0.15, -0.1) is 0 Å². The van der Waals surface area contributed by atoms with Crippen molar-refractivity contribution in [1.82, 2.24) is 10.3 Å². The third kappa shape index (κ3) is 4.06. The number of aromatic amines is 1. The fraction of sp³-hybridized carbons (Fsp3) is 0.200. The van der Waals surface area contributed by atoms with Crippen LogP contribution in [0, 0.1) is 13.8 Å². The second-order valence-electron chi connectivity index (χ2n) is 6.22. The summed E-state index contributed by atoms with van der Waals surface area (Å²) in [5.41, 5.74) is 4.55. The first-order chi connectivity index (χ1) is 12.5. The maximum absolute atomic E-state index is 12.4. The molecule has 0 saturated heterocycles. The lowest BCUT2D eigenvalue weighted by Crippen LogP contribution is -2.31. The highest BCUT2D eigenvalue weighted by Gasteiger charge is 2.07. The zero-order valence-electron chi connectivity index (χ0n) is 14.7. The minimum absolute atomic E-state index is 0.0574. The summed E-state index contributed by atoms with van der Waals surface area (Å²) in [4.78, 5) is 15.4. The van der Waals surface area contributed by atoms with Crippen molar-refractivity contribution in [3.63, 3.8) is 0 Å². The van der Waals surface area contributed by atoms with Crippen molar-refractivity contribution in [2.75, 3.05) is 11.9 Å². The Kier molecular flexibility index (Phi) is 5.59. The zero-order chi connectivity index (χ0) is 18.7. The molecule has 0 radical (unpaired) electrons. The molecule has 0 aliphatic rings. The molecule has 0 atom stereocenters. The van der Waals surface area contributed by atoms with Crippen LogP contribution >= 0.6 is 23.8 Å². The number of anilines is 1. The number of rotatable bonds is 4. The van der Waals surface area contributed by atoms with Crippen molar-refractivity contribution >= 4 is 45.5 Å². The number of hydrogen-bond acceptors (Lipinski definition) is 2. The van der Waals surface area contributed by atoms with E-state index < -0.39 is 0 Å². The van der Waals surface area contributed by atoms with Crippen LogP contribution in [-0.4, -0.2) is 16.6 Å². The highest BCUT2D eigenvalue weighted by atomic mass is 35.5. The van der Waals surface area contributed by atoms with Crippen molar-refractivity contribution in [2.24, 2.45) is 0 Å². The Labute approximate surface area is 162 Å². The van der Waals surface area contributed by atoms with E-state index in [0.717, 1.165) is 33.3 Å². The molecule has 3 N–H and O–H groups in total. The van der Waals surface area contributed by atoms with Crippen LogP contribution in [0.1, 0.15) is 16.7 Å². The van der Waals surface area contributed by atoms with E-state index >= 15 is 0 Å². The molecule has 134 valence electrons. The molecular formula is C20H20ClN3OS.